The Balaban J connectivity index is 2.16. The number of carbonyl (C=O) groups is 1. The van der Waals surface area contributed by atoms with Crippen molar-refractivity contribution in [1.82, 2.24) is 4.90 Å². The average Bonchev–Trinajstić information content (AvgIpc) is 3.04. The molecule has 112 valence electrons. The van der Waals surface area contributed by atoms with E-state index in [-0.39, 0.29) is 5.91 Å². The molecule has 3 nitrogen and oxygen atoms in total. The lowest BCUT2D eigenvalue weighted by molar-refractivity contribution is 0.0773. The lowest BCUT2D eigenvalue weighted by Crippen LogP contribution is -2.30. The van der Waals surface area contributed by atoms with Crippen molar-refractivity contribution in [2.24, 2.45) is 0 Å². The summed E-state index contributed by atoms with van der Waals surface area (Å²) in [5, 5.41) is 0.955. The molecule has 0 aliphatic carbocycles. The van der Waals surface area contributed by atoms with Gasteiger partial charge in [-0.1, -0.05) is 30.3 Å². The minimum Gasteiger partial charge on any atom is -0.464 e. The van der Waals surface area contributed by atoms with Crippen LogP contribution in [0.2, 0.25) is 0 Å². The number of carbonyl (C=O) groups excluding carboxylic acids is 1. The van der Waals surface area contributed by atoms with Crippen molar-refractivity contribution in [2.45, 2.75) is 13.8 Å². The molecule has 3 rings (SSSR count). The van der Waals surface area contributed by atoms with Gasteiger partial charge in [-0.3, -0.25) is 4.79 Å². The zero-order valence-corrected chi connectivity index (χ0v) is 12.9. The fourth-order valence-electron chi connectivity index (χ4n) is 2.73. The Bertz CT molecular complexity index is 786. The fraction of sp³-hybridized carbons (Fsp3) is 0.211. The molecule has 1 heterocycles. The molecule has 0 saturated carbocycles. The zero-order valence-electron chi connectivity index (χ0n) is 12.9. The number of rotatable bonds is 4. The number of hydrogen-bond donors (Lipinski definition) is 0. The highest BCUT2D eigenvalue weighted by molar-refractivity contribution is 6.02. The molecule has 0 aliphatic heterocycles. The van der Waals surface area contributed by atoms with Crippen LogP contribution in [0.25, 0.3) is 22.1 Å². The first kappa shape index (κ1) is 14.4. The van der Waals surface area contributed by atoms with Crippen molar-refractivity contribution >= 4 is 16.9 Å². The fourth-order valence-corrected chi connectivity index (χ4v) is 2.73. The van der Waals surface area contributed by atoms with Crippen molar-refractivity contribution < 1.29 is 9.21 Å². The van der Waals surface area contributed by atoms with Crippen LogP contribution in [0, 0.1) is 0 Å². The third-order valence-electron chi connectivity index (χ3n) is 3.93. The molecule has 22 heavy (non-hydrogen) atoms. The molecule has 0 fully saturated rings. The molecule has 3 aromatic rings. The topological polar surface area (TPSA) is 33.5 Å². The molecule has 0 spiro atoms. The van der Waals surface area contributed by atoms with E-state index >= 15 is 0 Å². The van der Waals surface area contributed by atoms with E-state index in [1.807, 2.05) is 67.3 Å². The molecular weight excluding hydrogens is 274 g/mol. The highest BCUT2D eigenvalue weighted by atomic mass is 16.3. The van der Waals surface area contributed by atoms with Crippen LogP contribution in [0.1, 0.15) is 24.2 Å². The SMILES string of the molecule is CCN(CC)C(=O)c1cc(-c2ccccc2)c2occc2c1. The van der Waals surface area contributed by atoms with Gasteiger partial charge in [-0.05, 0) is 37.6 Å². The lowest BCUT2D eigenvalue weighted by Gasteiger charge is -2.19. The first-order chi connectivity index (χ1) is 10.7. The Morgan fingerprint density at radius 2 is 1.77 bits per heavy atom. The molecule has 3 heteroatoms. The molecule has 0 unspecified atom stereocenters. The van der Waals surface area contributed by atoms with E-state index in [2.05, 4.69) is 0 Å². The molecule has 0 aliphatic rings. The Labute approximate surface area is 130 Å². The van der Waals surface area contributed by atoms with Crippen molar-refractivity contribution in [1.29, 1.82) is 0 Å². The number of nitrogens with zero attached hydrogens (tertiary/aromatic N) is 1. The molecule has 1 amide bonds. The molecule has 2 aromatic carbocycles. The van der Waals surface area contributed by atoms with Crippen LogP contribution >= 0.6 is 0 Å². The Morgan fingerprint density at radius 1 is 1.05 bits per heavy atom. The Kier molecular flexibility index (Phi) is 3.96. The molecular formula is C19H19NO2. The normalized spacial score (nSPS) is 10.8. The quantitative estimate of drug-likeness (QED) is 0.705. The van der Waals surface area contributed by atoms with Crippen LogP contribution in [0.15, 0.2) is 59.2 Å². The lowest BCUT2D eigenvalue weighted by atomic mass is 10.00. The maximum atomic E-state index is 12.7. The van der Waals surface area contributed by atoms with Gasteiger partial charge in [0, 0.05) is 29.6 Å². The van der Waals surface area contributed by atoms with E-state index in [9.17, 15) is 4.79 Å². The van der Waals surface area contributed by atoms with E-state index in [4.69, 9.17) is 4.42 Å². The molecule has 0 atom stereocenters. The van der Waals surface area contributed by atoms with Crippen LogP contribution < -0.4 is 0 Å². The van der Waals surface area contributed by atoms with Gasteiger partial charge < -0.3 is 9.32 Å². The monoisotopic (exact) mass is 293 g/mol. The van der Waals surface area contributed by atoms with Crippen molar-refractivity contribution in [2.75, 3.05) is 13.1 Å². The third kappa shape index (κ3) is 2.50. The molecule has 0 bridgehead atoms. The van der Waals surface area contributed by atoms with Gasteiger partial charge in [0.1, 0.15) is 5.58 Å². The van der Waals surface area contributed by atoms with Crippen LogP contribution in [0.3, 0.4) is 0 Å². The van der Waals surface area contributed by atoms with E-state index < -0.39 is 0 Å². The van der Waals surface area contributed by atoms with Crippen molar-refractivity contribution in [3.05, 3.63) is 60.4 Å². The largest absolute Gasteiger partial charge is 0.464 e. The van der Waals surface area contributed by atoms with Gasteiger partial charge >= 0.3 is 0 Å². The van der Waals surface area contributed by atoms with Crippen LogP contribution in [-0.2, 0) is 0 Å². The predicted octanol–water partition coefficient (Wildman–Crippen LogP) is 4.58. The highest BCUT2D eigenvalue weighted by Crippen LogP contribution is 2.31. The van der Waals surface area contributed by atoms with Gasteiger partial charge in [0.05, 0.1) is 6.26 Å². The second kappa shape index (κ2) is 6.06. The second-order valence-electron chi connectivity index (χ2n) is 5.21. The minimum atomic E-state index is 0.0604. The van der Waals surface area contributed by atoms with Gasteiger partial charge in [0.15, 0.2) is 0 Å². The Hall–Kier alpha value is -2.55. The number of furan rings is 1. The first-order valence-electron chi connectivity index (χ1n) is 7.60. The Morgan fingerprint density at radius 3 is 2.45 bits per heavy atom. The van der Waals surface area contributed by atoms with E-state index in [1.54, 1.807) is 6.26 Å². The molecule has 0 saturated heterocycles. The summed E-state index contributed by atoms with van der Waals surface area (Å²) in [4.78, 5) is 14.5. The number of benzene rings is 2. The van der Waals surface area contributed by atoms with E-state index in [0.29, 0.717) is 18.7 Å². The summed E-state index contributed by atoms with van der Waals surface area (Å²) in [5.41, 5.74) is 3.54. The summed E-state index contributed by atoms with van der Waals surface area (Å²) < 4.78 is 5.63. The third-order valence-corrected chi connectivity index (χ3v) is 3.93. The smallest absolute Gasteiger partial charge is 0.253 e. The van der Waals surface area contributed by atoms with Crippen LogP contribution in [0.4, 0.5) is 0 Å². The minimum absolute atomic E-state index is 0.0604. The van der Waals surface area contributed by atoms with Gasteiger partial charge in [-0.2, -0.15) is 0 Å². The van der Waals surface area contributed by atoms with E-state index in [0.717, 1.165) is 22.1 Å². The predicted molar refractivity (Wildman–Crippen MR) is 88.9 cm³/mol. The highest BCUT2D eigenvalue weighted by Gasteiger charge is 2.16. The molecule has 1 aromatic heterocycles. The zero-order chi connectivity index (χ0) is 15.5. The summed E-state index contributed by atoms with van der Waals surface area (Å²) in [6.07, 6.45) is 1.67. The summed E-state index contributed by atoms with van der Waals surface area (Å²) in [6.45, 7) is 5.41. The standard InChI is InChI=1S/C19H19NO2/c1-3-20(4-2)19(21)16-12-15-10-11-22-18(15)17(13-16)14-8-6-5-7-9-14/h5-13H,3-4H2,1-2H3. The summed E-state index contributed by atoms with van der Waals surface area (Å²) in [5.74, 6) is 0.0604. The van der Waals surface area contributed by atoms with Crippen LogP contribution in [-0.4, -0.2) is 23.9 Å². The molecule has 0 radical (unpaired) electrons. The average molecular weight is 293 g/mol. The molecule has 0 N–H and O–H groups in total. The number of fused-ring (bicyclic) bond motifs is 1. The van der Waals surface area contributed by atoms with Gasteiger partial charge in [-0.15, -0.1) is 0 Å². The number of amides is 1. The van der Waals surface area contributed by atoms with Gasteiger partial charge in [-0.25, -0.2) is 0 Å². The first-order valence-corrected chi connectivity index (χ1v) is 7.60. The summed E-state index contributed by atoms with van der Waals surface area (Å²) in [7, 11) is 0. The number of hydrogen-bond acceptors (Lipinski definition) is 2. The second-order valence-corrected chi connectivity index (χ2v) is 5.21. The maximum absolute atomic E-state index is 12.7. The van der Waals surface area contributed by atoms with Crippen molar-refractivity contribution in [3.8, 4) is 11.1 Å². The van der Waals surface area contributed by atoms with Crippen molar-refractivity contribution in [3.63, 3.8) is 0 Å². The van der Waals surface area contributed by atoms with Gasteiger partial charge in [0.25, 0.3) is 5.91 Å². The van der Waals surface area contributed by atoms with Gasteiger partial charge in [0.2, 0.25) is 0 Å². The summed E-state index contributed by atoms with van der Waals surface area (Å²) in [6, 6.07) is 15.8. The summed E-state index contributed by atoms with van der Waals surface area (Å²) >= 11 is 0. The van der Waals surface area contributed by atoms with Crippen LogP contribution in [0.5, 0.6) is 0 Å². The van der Waals surface area contributed by atoms with E-state index in [1.165, 1.54) is 0 Å². The maximum Gasteiger partial charge on any atom is 0.253 e.